The average molecular weight is 408 g/mol. The van der Waals surface area contributed by atoms with E-state index in [4.69, 9.17) is 9.47 Å². The first-order chi connectivity index (χ1) is 13.4. The third kappa shape index (κ3) is 5.18. The number of esters is 1. The van der Waals surface area contributed by atoms with Crippen molar-refractivity contribution in [2.24, 2.45) is 0 Å². The summed E-state index contributed by atoms with van der Waals surface area (Å²) < 4.78 is 38.1. The van der Waals surface area contributed by atoms with Gasteiger partial charge in [0.1, 0.15) is 16.9 Å². The van der Waals surface area contributed by atoms with Gasteiger partial charge in [0.25, 0.3) is 0 Å². The summed E-state index contributed by atoms with van der Waals surface area (Å²) in [6.07, 6.45) is 0. The van der Waals surface area contributed by atoms with Gasteiger partial charge in [0, 0.05) is 17.7 Å². The van der Waals surface area contributed by atoms with E-state index in [0.717, 1.165) is 0 Å². The number of nitrogens with one attached hydrogen (secondary N) is 2. The Morgan fingerprint density at radius 1 is 1.14 bits per heavy atom. The summed E-state index contributed by atoms with van der Waals surface area (Å²) in [6.45, 7) is 0. The minimum Gasteiger partial charge on any atom is -0.770 e. The van der Waals surface area contributed by atoms with Crippen molar-refractivity contribution in [3.63, 3.8) is 0 Å². The van der Waals surface area contributed by atoms with Gasteiger partial charge in [-0.05, 0) is 17.1 Å². The fourth-order valence-electron chi connectivity index (χ4n) is 2.29. The lowest BCUT2D eigenvalue weighted by atomic mass is 10.1. The summed E-state index contributed by atoms with van der Waals surface area (Å²) >= 11 is -2.77. The van der Waals surface area contributed by atoms with Crippen LogP contribution in [-0.4, -0.2) is 47.1 Å². The molecule has 0 saturated carbocycles. The minimum absolute atomic E-state index is 0.0145. The lowest BCUT2D eigenvalue weighted by molar-refractivity contribution is 0.0599. The molecule has 0 spiro atoms. The van der Waals surface area contributed by atoms with E-state index in [2.05, 4.69) is 20.4 Å². The molecule has 0 radical (unpaired) electrons. The van der Waals surface area contributed by atoms with Crippen LogP contribution in [0.15, 0.2) is 36.4 Å². The van der Waals surface area contributed by atoms with Gasteiger partial charge in [0.05, 0.1) is 26.9 Å². The Bertz CT molecular complexity index is 869. The van der Waals surface area contributed by atoms with E-state index < -0.39 is 28.5 Å². The molecule has 2 aromatic rings. The van der Waals surface area contributed by atoms with Gasteiger partial charge in [-0.3, -0.25) is 9.53 Å². The van der Waals surface area contributed by atoms with Gasteiger partial charge in [-0.15, -0.1) is 0 Å². The molecule has 0 aliphatic heterocycles. The number of hydrogen-bond donors (Lipinski definition) is 2. The summed E-state index contributed by atoms with van der Waals surface area (Å²) in [6, 6.07) is 7.95. The number of hydrogen-bond acceptors (Lipinski definition) is 8. The van der Waals surface area contributed by atoms with E-state index in [0.29, 0.717) is 5.75 Å². The highest BCUT2D eigenvalue weighted by atomic mass is 32.2. The monoisotopic (exact) mass is 408 g/mol. The van der Waals surface area contributed by atoms with Crippen LogP contribution in [0.1, 0.15) is 21.3 Å². The van der Waals surface area contributed by atoms with Crippen LogP contribution in [0.2, 0.25) is 0 Å². The van der Waals surface area contributed by atoms with Gasteiger partial charge in [-0.25, -0.2) is 9.59 Å². The molecule has 2 amide bonds. The normalized spacial score (nSPS) is 12.4. The molecular weight excluding hydrogens is 390 g/mol. The second-order valence-corrected chi connectivity index (χ2v) is 6.24. The number of anilines is 1. The molecule has 2 rings (SSSR count). The Morgan fingerprint density at radius 2 is 1.86 bits per heavy atom. The standard InChI is InChI=1S/C17H19N3O7S/c1-25-10-8-13(18-14(9-10)26-2)19-17(22)20-15(28(23)24)11-6-4-5-7-12(11)16(21)27-3/h4-9,15H,1-3H3,(H,23,24)(H2,18,19,20,22)/p-1. The number of aromatic nitrogens is 1. The smallest absolute Gasteiger partial charge is 0.338 e. The predicted octanol–water partition coefficient (Wildman–Crippen LogP) is 1.58. The van der Waals surface area contributed by atoms with Crippen molar-refractivity contribution in [2.75, 3.05) is 26.6 Å². The molecule has 1 heterocycles. The molecule has 10 nitrogen and oxygen atoms in total. The summed E-state index contributed by atoms with van der Waals surface area (Å²) in [7, 11) is 4.00. The fraction of sp³-hybridized carbons (Fsp3) is 0.235. The topological polar surface area (TPSA) is 139 Å². The van der Waals surface area contributed by atoms with Crippen molar-refractivity contribution in [2.45, 2.75) is 5.37 Å². The molecule has 1 aromatic heterocycles. The van der Waals surface area contributed by atoms with E-state index in [1.54, 1.807) is 6.07 Å². The van der Waals surface area contributed by atoms with Crippen molar-refractivity contribution >= 4 is 28.9 Å². The Labute approximate surface area is 163 Å². The van der Waals surface area contributed by atoms with E-state index in [1.165, 1.54) is 51.7 Å². The second-order valence-electron chi connectivity index (χ2n) is 5.25. The highest BCUT2D eigenvalue weighted by Gasteiger charge is 2.22. The zero-order valence-corrected chi connectivity index (χ0v) is 16.1. The molecule has 2 unspecified atom stereocenters. The van der Waals surface area contributed by atoms with Crippen LogP contribution in [0, 0.1) is 0 Å². The molecule has 0 bridgehead atoms. The number of rotatable bonds is 7. The molecule has 0 aliphatic rings. The van der Waals surface area contributed by atoms with Gasteiger partial charge in [-0.2, -0.15) is 4.98 Å². The lowest BCUT2D eigenvalue weighted by Gasteiger charge is -2.23. The Kier molecular flexibility index (Phi) is 7.29. The van der Waals surface area contributed by atoms with Crippen LogP contribution in [0.4, 0.5) is 10.6 Å². The van der Waals surface area contributed by atoms with Crippen molar-refractivity contribution in [1.82, 2.24) is 10.3 Å². The quantitative estimate of drug-likeness (QED) is 0.520. The summed E-state index contributed by atoms with van der Waals surface area (Å²) in [5, 5.41) is 3.18. The predicted molar refractivity (Wildman–Crippen MR) is 98.9 cm³/mol. The van der Waals surface area contributed by atoms with Gasteiger partial charge in [0.15, 0.2) is 0 Å². The average Bonchev–Trinajstić information content (AvgIpc) is 2.70. The van der Waals surface area contributed by atoms with Crippen LogP contribution in [0.3, 0.4) is 0 Å². The Hall–Kier alpha value is -3.18. The van der Waals surface area contributed by atoms with E-state index in [-0.39, 0.29) is 22.8 Å². The van der Waals surface area contributed by atoms with Crippen molar-refractivity contribution in [1.29, 1.82) is 0 Å². The zero-order valence-electron chi connectivity index (χ0n) is 15.3. The van der Waals surface area contributed by atoms with Crippen molar-refractivity contribution < 1.29 is 32.6 Å². The molecule has 2 N–H and O–H groups in total. The van der Waals surface area contributed by atoms with Crippen LogP contribution in [0.25, 0.3) is 0 Å². The number of benzene rings is 1. The number of amides is 2. The molecule has 150 valence electrons. The molecule has 28 heavy (non-hydrogen) atoms. The first-order valence-corrected chi connectivity index (χ1v) is 8.96. The van der Waals surface area contributed by atoms with Crippen molar-refractivity contribution in [3.05, 3.63) is 47.5 Å². The Morgan fingerprint density at radius 3 is 2.46 bits per heavy atom. The molecule has 11 heteroatoms. The number of pyridine rings is 1. The summed E-state index contributed by atoms with van der Waals surface area (Å²) in [5.74, 6) is -0.0883. The van der Waals surface area contributed by atoms with Gasteiger partial charge < -0.3 is 24.1 Å². The maximum Gasteiger partial charge on any atom is 0.338 e. The van der Waals surface area contributed by atoms with Crippen LogP contribution < -0.4 is 20.1 Å². The molecule has 2 atom stereocenters. The summed E-state index contributed by atoms with van der Waals surface area (Å²) in [4.78, 5) is 28.2. The Balaban J connectivity index is 2.26. The van der Waals surface area contributed by atoms with Crippen LogP contribution in [-0.2, 0) is 15.8 Å². The fourth-order valence-corrected chi connectivity index (χ4v) is 2.91. The number of methoxy groups -OCH3 is 3. The highest BCUT2D eigenvalue weighted by Crippen LogP contribution is 2.23. The van der Waals surface area contributed by atoms with E-state index >= 15 is 0 Å². The summed E-state index contributed by atoms with van der Waals surface area (Å²) in [5.41, 5.74) is 0.0784. The van der Waals surface area contributed by atoms with Gasteiger partial charge in [-0.1, -0.05) is 18.2 Å². The van der Waals surface area contributed by atoms with Crippen LogP contribution >= 0.6 is 0 Å². The highest BCUT2D eigenvalue weighted by molar-refractivity contribution is 7.79. The molecule has 0 fully saturated rings. The molecule has 0 aliphatic carbocycles. The molecule has 1 aromatic carbocycles. The largest absolute Gasteiger partial charge is 0.770 e. The minimum atomic E-state index is -2.77. The first kappa shape index (κ1) is 21.1. The van der Waals surface area contributed by atoms with Crippen molar-refractivity contribution in [3.8, 4) is 11.6 Å². The van der Waals surface area contributed by atoms with Crippen LogP contribution in [0.5, 0.6) is 11.6 Å². The van der Waals surface area contributed by atoms with E-state index in [9.17, 15) is 18.4 Å². The first-order valence-electron chi connectivity index (χ1n) is 7.82. The number of carbonyl (C=O) groups excluding carboxylic acids is 2. The third-order valence-corrected chi connectivity index (χ3v) is 4.32. The molecule has 0 saturated heterocycles. The van der Waals surface area contributed by atoms with Gasteiger partial charge in [0.2, 0.25) is 5.88 Å². The number of ether oxygens (including phenoxy) is 3. The third-order valence-electron chi connectivity index (χ3n) is 3.57. The number of urea groups is 1. The SMILES string of the molecule is COC(=O)c1ccccc1C(NC(=O)Nc1cc(OC)cc(OC)n1)S(=O)[O-]. The second kappa shape index (κ2) is 9.67. The molecular formula is C17H18N3O7S-. The maximum absolute atomic E-state index is 12.3. The van der Waals surface area contributed by atoms with Gasteiger partial charge >= 0.3 is 12.0 Å². The lowest BCUT2D eigenvalue weighted by Crippen LogP contribution is -2.35. The number of nitrogens with zero attached hydrogens (tertiary/aromatic N) is 1. The zero-order chi connectivity index (χ0) is 20.7. The maximum atomic E-state index is 12.3. The van der Waals surface area contributed by atoms with E-state index in [1.807, 2.05) is 0 Å². The number of carbonyl (C=O) groups is 2.